The fraction of sp³-hybridized carbons (Fsp3) is 0.500. The van der Waals surface area contributed by atoms with E-state index < -0.39 is 8.07 Å². The molecule has 0 saturated carbocycles. The Morgan fingerprint density at radius 3 is 2.52 bits per heavy atom. The number of hydrogen-bond donors (Lipinski definition) is 0. The van der Waals surface area contributed by atoms with Crippen LogP contribution in [0.5, 0.6) is 0 Å². The summed E-state index contributed by atoms with van der Waals surface area (Å²) in [4.78, 5) is 13.1. The second kappa shape index (κ2) is 6.31. The van der Waals surface area contributed by atoms with Gasteiger partial charge in [-0.3, -0.25) is 10.1 Å². The van der Waals surface area contributed by atoms with E-state index in [1.807, 2.05) is 12.1 Å². The Balaban J connectivity index is 2.23. The van der Waals surface area contributed by atoms with Crippen LogP contribution >= 0.6 is 0 Å². The highest BCUT2D eigenvalue weighted by atomic mass is 28.3. The number of nitro benzene ring substituents is 1. The van der Waals surface area contributed by atoms with Gasteiger partial charge in [0.05, 0.1) is 4.92 Å². The average Bonchev–Trinajstić information content (AvgIpc) is 2.90. The largest absolute Gasteiger partial charge is 0.366 e. The molecule has 0 atom stereocenters. The lowest BCUT2D eigenvalue weighted by molar-refractivity contribution is -0.384. The van der Waals surface area contributed by atoms with Gasteiger partial charge in [-0.2, -0.15) is 0 Å². The van der Waals surface area contributed by atoms with Gasteiger partial charge in [-0.05, 0) is 24.5 Å². The van der Waals surface area contributed by atoms with Crippen LogP contribution in [0.25, 0.3) is 0 Å². The fourth-order valence-corrected chi connectivity index (χ4v) is 3.08. The third-order valence-corrected chi connectivity index (χ3v) is 4.37. The van der Waals surface area contributed by atoms with E-state index in [4.69, 9.17) is 0 Å². The molecule has 0 amide bonds. The molecule has 0 bridgehead atoms. The van der Waals surface area contributed by atoms with Gasteiger partial charge >= 0.3 is 0 Å². The maximum absolute atomic E-state index is 11.3. The molecule has 1 aliphatic rings. The molecule has 1 saturated heterocycles. The van der Waals surface area contributed by atoms with E-state index in [0.29, 0.717) is 6.42 Å². The average molecular weight is 302 g/mol. The fourth-order valence-electron chi connectivity index (χ4n) is 2.46. The molecule has 0 spiro atoms. The predicted molar refractivity (Wildman–Crippen MR) is 89.4 cm³/mol. The van der Waals surface area contributed by atoms with Crippen molar-refractivity contribution < 1.29 is 4.92 Å². The van der Waals surface area contributed by atoms with E-state index in [9.17, 15) is 10.1 Å². The van der Waals surface area contributed by atoms with Crippen molar-refractivity contribution in [2.24, 2.45) is 0 Å². The lowest BCUT2D eigenvalue weighted by atomic mass is 10.1. The van der Waals surface area contributed by atoms with Gasteiger partial charge < -0.3 is 4.90 Å². The summed E-state index contributed by atoms with van der Waals surface area (Å²) in [6.45, 7) is 8.40. The van der Waals surface area contributed by atoms with Gasteiger partial charge in [-0.25, -0.2) is 0 Å². The van der Waals surface area contributed by atoms with Gasteiger partial charge in [-0.1, -0.05) is 25.7 Å². The Bertz CT molecular complexity index is 591. The molecule has 0 aliphatic carbocycles. The summed E-state index contributed by atoms with van der Waals surface area (Å²) in [5.41, 5.74) is 5.19. The van der Waals surface area contributed by atoms with Crippen LogP contribution in [0, 0.1) is 21.6 Å². The third kappa shape index (κ3) is 4.33. The van der Waals surface area contributed by atoms with E-state index in [0.717, 1.165) is 37.2 Å². The predicted octanol–water partition coefficient (Wildman–Crippen LogP) is 3.62. The maximum Gasteiger partial charge on any atom is 0.292 e. The Kier molecular flexibility index (Phi) is 4.68. The number of benzene rings is 1. The van der Waals surface area contributed by atoms with Crippen molar-refractivity contribution in [1.82, 2.24) is 0 Å². The zero-order valence-corrected chi connectivity index (χ0v) is 14.0. The summed E-state index contributed by atoms with van der Waals surface area (Å²) in [5.74, 6) is 3.17. The van der Waals surface area contributed by atoms with Gasteiger partial charge in [0.1, 0.15) is 13.8 Å². The Hall–Kier alpha value is -1.80. The molecule has 0 radical (unpaired) electrons. The molecule has 4 nitrogen and oxygen atoms in total. The van der Waals surface area contributed by atoms with Crippen LogP contribution in [0.4, 0.5) is 11.4 Å². The van der Waals surface area contributed by atoms with Crippen LogP contribution < -0.4 is 4.90 Å². The molecule has 1 fully saturated rings. The second-order valence-corrected chi connectivity index (χ2v) is 11.3. The molecule has 1 aromatic carbocycles. The van der Waals surface area contributed by atoms with E-state index in [2.05, 4.69) is 36.0 Å². The SMILES string of the molecule is C[Si](C)(C)C#CCc1ccc(N2CCCC2)c([N+](=O)[O-])c1. The van der Waals surface area contributed by atoms with Crippen molar-refractivity contribution in [3.05, 3.63) is 33.9 Å². The number of nitrogens with zero attached hydrogens (tertiary/aromatic N) is 2. The van der Waals surface area contributed by atoms with Gasteiger partial charge in [0.15, 0.2) is 0 Å². The molecule has 21 heavy (non-hydrogen) atoms. The number of nitro groups is 1. The van der Waals surface area contributed by atoms with Crippen LogP contribution in [0.15, 0.2) is 18.2 Å². The standard InChI is InChI=1S/C16H22N2O2Si/c1-21(2,3)12-6-7-14-8-9-15(16(13-14)18(19)20)17-10-4-5-11-17/h8-9,13H,4-5,7,10-11H2,1-3H3. The quantitative estimate of drug-likeness (QED) is 0.371. The monoisotopic (exact) mass is 302 g/mol. The minimum atomic E-state index is -1.38. The molecule has 1 aliphatic heterocycles. The molecule has 0 aromatic heterocycles. The molecule has 1 heterocycles. The summed E-state index contributed by atoms with van der Waals surface area (Å²) in [6.07, 6.45) is 2.81. The molecule has 1 aromatic rings. The Morgan fingerprint density at radius 1 is 1.29 bits per heavy atom. The summed E-state index contributed by atoms with van der Waals surface area (Å²) in [7, 11) is -1.38. The molecule has 2 rings (SSSR count). The third-order valence-electron chi connectivity index (χ3n) is 3.44. The van der Waals surface area contributed by atoms with Gasteiger partial charge in [0.25, 0.3) is 5.69 Å². The maximum atomic E-state index is 11.3. The van der Waals surface area contributed by atoms with Crippen LogP contribution in [-0.4, -0.2) is 26.1 Å². The van der Waals surface area contributed by atoms with Crippen molar-refractivity contribution in [3.8, 4) is 11.5 Å². The zero-order valence-electron chi connectivity index (χ0n) is 13.0. The second-order valence-electron chi connectivity index (χ2n) is 6.50. The number of hydrogen-bond acceptors (Lipinski definition) is 3. The van der Waals surface area contributed by atoms with Crippen molar-refractivity contribution in [3.63, 3.8) is 0 Å². The highest BCUT2D eigenvalue weighted by molar-refractivity contribution is 6.83. The van der Waals surface area contributed by atoms with Crippen LogP contribution in [-0.2, 0) is 6.42 Å². The minimum Gasteiger partial charge on any atom is -0.366 e. The van der Waals surface area contributed by atoms with Crippen LogP contribution in [0.2, 0.25) is 19.6 Å². The minimum absolute atomic E-state index is 0.212. The molecule has 5 heteroatoms. The van der Waals surface area contributed by atoms with Crippen LogP contribution in [0.3, 0.4) is 0 Å². The van der Waals surface area contributed by atoms with E-state index in [1.54, 1.807) is 6.07 Å². The lowest BCUT2D eigenvalue weighted by Gasteiger charge is -2.17. The molecular formula is C16H22N2O2Si. The highest BCUT2D eigenvalue weighted by Crippen LogP contribution is 2.31. The van der Waals surface area contributed by atoms with Crippen molar-refractivity contribution >= 4 is 19.4 Å². The van der Waals surface area contributed by atoms with E-state index in [-0.39, 0.29) is 10.6 Å². The first-order valence-corrected chi connectivity index (χ1v) is 10.9. The lowest BCUT2D eigenvalue weighted by Crippen LogP contribution is -2.19. The van der Waals surface area contributed by atoms with E-state index >= 15 is 0 Å². The molecular weight excluding hydrogens is 280 g/mol. The van der Waals surface area contributed by atoms with Crippen molar-refractivity contribution in [2.45, 2.75) is 38.9 Å². The molecule has 0 unspecified atom stereocenters. The normalized spacial score (nSPS) is 14.7. The topological polar surface area (TPSA) is 46.4 Å². The summed E-state index contributed by atoms with van der Waals surface area (Å²) < 4.78 is 0. The first-order valence-electron chi connectivity index (χ1n) is 7.39. The zero-order chi connectivity index (χ0) is 15.5. The Labute approximate surface area is 127 Å². The smallest absolute Gasteiger partial charge is 0.292 e. The van der Waals surface area contributed by atoms with Gasteiger partial charge in [0.2, 0.25) is 0 Å². The first kappa shape index (κ1) is 15.6. The number of anilines is 1. The Morgan fingerprint density at radius 2 is 1.95 bits per heavy atom. The summed E-state index contributed by atoms with van der Waals surface area (Å²) in [5, 5.41) is 11.3. The summed E-state index contributed by atoms with van der Waals surface area (Å²) in [6, 6.07) is 5.54. The van der Waals surface area contributed by atoms with Crippen molar-refractivity contribution in [2.75, 3.05) is 18.0 Å². The first-order chi connectivity index (χ1) is 9.87. The van der Waals surface area contributed by atoms with Crippen LogP contribution in [0.1, 0.15) is 18.4 Å². The van der Waals surface area contributed by atoms with E-state index in [1.165, 1.54) is 0 Å². The van der Waals surface area contributed by atoms with Crippen molar-refractivity contribution in [1.29, 1.82) is 0 Å². The molecule has 0 N–H and O–H groups in total. The highest BCUT2D eigenvalue weighted by Gasteiger charge is 2.22. The summed E-state index contributed by atoms with van der Waals surface area (Å²) >= 11 is 0. The number of rotatable bonds is 3. The van der Waals surface area contributed by atoms with Gasteiger partial charge in [-0.15, -0.1) is 11.5 Å². The van der Waals surface area contributed by atoms with Gasteiger partial charge in [0, 0.05) is 25.6 Å². The molecule has 112 valence electrons.